The van der Waals surface area contributed by atoms with Crippen molar-refractivity contribution in [2.75, 3.05) is 0 Å². The summed E-state index contributed by atoms with van der Waals surface area (Å²) in [5.41, 5.74) is 12.9. The molecule has 0 N–H and O–H groups in total. The predicted octanol–water partition coefficient (Wildman–Crippen LogP) is 16.0. The lowest BCUT2D eigenvalue weighted by Gasteiger charge is -2.11. The Morgan fingerprint density at radius 2 is 0.714 bits per heavy atom. The zero-order valence-electron chi connectivity index (χ0n) is 33.6. The monoisotopic (exact) mass is 823 g/mol. The van der Waals surface area contributed by atoms with Crippen LogP contribution >= 0.6 is 11.3 Å². The van der Waals surface area contributed by atoms with E-state index in [2.05, 4.69) is 140 Å². The van der Waals surface area contributed by atoms with Crippen molar-refractivity contribution in [1.82, 2.24) is 15.0 Å². The van der Waals surface area contributed by atoms with Gasteiger partial charge in [-0.1, -0.05) is 158 Å². The summed E-state index contributed by atoms with van der Waals surface area (Å²) >= 11 is 1.85. The van der Waals surface area contributed by atoms with E-state index in [1.807, 2.05) is 72.0 Å². The molecule has 0 bridgehead atoms. The van der Waals surface area contributed by atoms with Crippen LogP contribution in [-0.2, 0) is 0 Å². The zero-order chi connectivity index (χ0) is 41.4. The highest BCUT2D eigenvalue weighted by molar-refractivity contribution is 7.25. The Hall–Kier alpha value is -8.19. The number of para-hydroxylation sites is 2. The molecule has 0 unspecified atom stereocenters. The van der Waals surface area contributed by atoms with E-state index >= 15 is 0 Å². The van der Waals surface area contributed by atoms with Gasteiger partial charge in [0.15, 0.2) is 17.5 Å². The van der Waals surface area contributed by atoms with Crippen LogP contribution in [0.15, 0.2) is 209 Å². The molecular weight excluding hydrogens is 791 g/mol. The summed E-state index contributed by atoms with van der Waals surface area (Å²) in [4.78, 5) is 15.6. The lowest BCUT2D eigenvalue weighted by molar-refractivity contribution is 0.668. The SMILES string of the molecule is c1cc(-c2ccc(-c3ccc(-c4nc(-c5cccc6oc7ccccc7c56)nc(-c5cccc6oc7ccccc7c56)n4)cc3)cc2)cc(-c2ccc3c(c2)sc2ccccc23)c1. The number of furan rings is 2. The molecule has 0 radical (unpaired) electrons. The number of hydrogen-bond donors (Lipinski definition) is 0. The zero-order valence-corrected chi connectivity index (χ0v) is 34.4. The third-order valence-corrected chi connectivity index (χ3v) is 13.3. The van der Waals surface area contributed by atoms with Crippen molar-refractivity contribution in [3.63, 3.8) is 0 Å². The normalized spacial score (nSPS) is 11.8. The van der Waals surface area contributed by atoms with Crippen LogP contribution in [0.4, 0.5) is 0 Å². The van der Waals surface area contributed by atoms with Crippen LogP contribution in [0.1, 0.15) is 0 Å². The minimum Gasteiger partial charge on any atom is -0.456 e. The van der Waals surface area contributed by atoms with Gasteiger partial charge >= 0.3 is 0 Å². The molecule has 13 rings (SSSR count). The molecule has 13 aromatic rings. The lowest BCUT2D eigenvalue weighted by atomic mass is 9.96. The van der Waals surface area contributed by atoms with Crippen molar-refractivity contribution in [3.8, 4) is 67.5 Å². The van der Waals surface area contributed by atoms with E-state index in [1.54, 1.807) is 0 Å². The maximum absolute atomic E-state index is 6.29. The quantitative estimate of drug-likeness (QED) is 0.167. The van der Waals surface area contributed by atoms with Crippen molar-refractivity contribution >= 4 is 75.4 Å². The smallest absolute Gasteiger partial charge is 0.164 e. The highest BCUT2D eigenvalue weighted by Gasteiger charge is 2.20. The molecule has 0 atom stereocenters. The van der Waals surface area contributed by atoms with Gasteiger partial charge in [-0.05, 0) is 75.8 Å². The number of fused-ring (bicyclic) bond motifs is 9. The van der Waals surface area contributed by atoms with Crippen molar-refractivity contribution in [2.45, 2.75) is 0 Å². The number of benzene rings is 9. The highest BCUT2D eigenvalue weighted by Crippen LogP contribution is 2.40. The van der Waals surface area contributed by atoms with Crippen LogP contribution in [0.3, 0.4) is 0 Å². The fraction of sp³-hybridized carbons (Fsp3) is 0. The molecule has 63 heavy (non-hydrogen) atoms. The summed E-state index contributed by atoms with van der Waals surface area (Å²) in [7, 11) is 0. The summed E-state index contributed by atoms with van der Waals surface area (Å²) in [6, 6.07) is 70.0. The Kier molecular flexibility index (Phi) is 8.01. The van der Waals surface area contributed by atoms with E-state index in [0.717, 1.165) is 71.7 Å². The van der Waals surface area contributed by atoms with Gasteiger partial charge in [0.05, 0.1) is 0 Å². The molecule has 4 aromatic heterocycles. The standard InChI is InChI=1S/C57H33N3O2S/c1-4-17-47-43(13-1)53-45(15-8-19-49(53)61-47)56-58-55(59-57(60-56)46-16-9-20-50-54(46)44-14-2-5-18-48(44)62-50)37-28-26-35(27-29-37)34-22-24-36(25-23-34)38-10-7-11-39(32-38)40-30-31-42-41-12-3-6-21-51(41)63-52(42)33-40/h1-33H. The Balaban J connectivity index is 0.863. The summed E-state index contributed by atoms with van der Waals surface area (Å²) < 4.78 is 15.2. The molecule has 294 valence electrons. The predicted molar refractivity (Wildman–Crippen MR) is 260 cm³/mol. The summed E-state index contributed by atoms with van der Waals surface area (Å²) in [6.07, 6.45) is 0. The fourth-order valence-electron chi connectivity index (χ4n) is 9.12. The molecule has 0 aliphatic rings. The van der Waals surface area contributed by atoms with Crippen molar-refractivity contribution in [3.05, 3.63) is 200 Å². The van der Waals surface area contributed by atoms with Crippen molar-refractivity contribution in [2.24, 2.45) is 0 Å². The first-order valence-electron chi connectivity index (χ1n) is 21.0. The lowest BCUT2D eigenvalue weighted by Crippen LogP contribution is -2.00. The highest BCUT2D eigenvalue weighted by atomic mass is 32.1. The summed E-state index contributed by atoms with van der Waals surface area (Å²) in [5, 5.41) is 6.62. The first-order chi connectivity index (χ1) is 31.2. The van der Waals surface area contributed by atoms with Crippen LogP contribution in [0.25, 0.3) is 132 Å². The minimum atomic E-state index is 0.571. The van der Waals surface area contributed by atoms with Crippen molar-refractivity contribution in [1.29, 1.82) is 0 Å². The van der Waals surface area contributed by atoms with Crippen molar-refractivity contribution < 1.29 is 8.83 Å². The van der Waals surface area contributed by atoms with Crippen LogP contribution in [0.5, 0.6) is 0 Å². The van der Waals surface area contributed by atoms with E-state index in [0.29, 0.717) is 17.5 Å². The Bertz CT molecular complexity index is 3780. The summed E-state index contributed by atoms with van der Waals surface area (Å²) in [6.45, 7) is 0. The first-order valence-corrected chi connectivity index (χ1v) is 21.8. The molecule has 5 nitrogen and oxygen atoms in total. The van der Waals surface area contributed by atoms with Gasteiger partial charge in [0.2, 0.25) is 0 Å². The third-order valence-electron chi connectivity index (χ3n) is 12.2. The van der Waals surface area contributed by atoms with E-state index in [1.165, 1.54) is 42.4 Å². The van der Waals surface area contributed by atoms with E-state index < -0.39 is 0 Å². The average molecular weight is 824 g/mol. The van der Waals surface area contributed by atoms with Gasteiger partial charge in [0.25, 0.3) is 0 Å². The molecule has 0 saturated heterocycles. The molecule has 0 amide bonds. The van der Waals surface area contributed by atoms with Gasteiger partial charge in [-0.3, -0.25) is 0 Å². The number of hydrogen-bond acceptors (Lipinski definition) is 6. The second-order valence-corrected chi connectivity index (χ2v) is 17.0. The molecule has 0 aliphatic heterocycles. The second-order valence-electron chi connectivity index (χ2n) is 15.9. The molecular formula is C57H33N3O2S. The second kappa shape index (κ2) is 14.2. The fourth-order valence-corrected chi connectivity index (χ4v) is 10.3. The van der Waals surface area contributed by atoms with Gasteiger partial charge in [-0.15, -0.1) is 11.3 Å². The molecule has 9 aromatic carbocycles. The number of aromatic nitrogens is 3. The molecule has 0 fully saturated rings. The first kappa shape index (κ1) is 35.6. The number of rotatable bonds is 6. The topological polar surface area (TPSA) is 65.0 Å². The third kappa shape index (κ3) is 5.95. The van der Waals surface area contributed by atoms with Gasteiger partial charge in [0, 0.05) is 58.4 Å². The van der Waals surface area contributed by atoms with Gasteiger partial charge < -0.3 is 8.83 Å². The Morgan fingerprint density at radius 1 is 0.286 bits per heavy atom. The molecule has 0 spiro atoms. The molecule has 0 saturated carbocycles. The van der Waals surface area contributed by atoms with Crippen LogP contribution in [-0.4, -0.2) is 15.0 Å². The molecule has 0 aliphatic carbocycles. The number of nitrogens with zero attached hydrogens (tertiary/aromatic N) is 3. The maximum atomic E-state index is 6.29. The van der Waals surface area contributed by atoms with Crippen LogP contribution in [0.2, 0.25) is 0 Å². The summed E-state index contributed by atoms with van der Waals surface area (Å²) in [5.74, 6) is 1.72. The Labute approximate surface area is 365 Å². The largest absolute Gasteiger partial charge is 0.456 e. The van der Waals surface area contributed by atoms with E-state index in [4.69, 9.17) is 23.8 Å². The maximum Gasteiger partial charge on any atom is 0.164 e. The van der Waals surface area contributed by atoms with Gasteiger partial charge in [-0.25, -0.2) is 15.0 Å². The minimum absolute atomic E-state index is 0.571. The molecule has 6 heteroatoms. The van der Waals surface area contributed by atoms with Gasteiger partial charge in [-0.2, -0.15) is 0 Å². The average Bonchev–Trinajstić information content (AvgIpc) is 4.05. The van der Waals surface area contributed by atoms with E-state index in [9.17, 15) is 0 Å². The molecule has 4 heterocycles. The van der Waals surface area contributed by atoms with Crippen LogP contribution in [0, 0.1) is 0 Å². The van der Waals surface area contributed by atoms with E-state index in [-0.39, 0.29) is 0 Å². The Morgan fingerprint density at radius 3 is 1.33 bits per heavy atom. The number of thiophene rings is 1. The van der Waals surface area contributed by atoms with Crippen LogP contribution < -0.4 is 0 Å². The van der Waals surface area contributed by atoms with Gasteiger partial charge in [0.1, 0.15) is 22.3 Å².